The minimum absolute atomic E-state index is 0.164. The van der Waals surface area contributed by atoms with Crippen molar-refractivity contribution >= 4 is 29.1 Å². The van der Waals surface area contributed by atoms with Crippen LogP contribution in [0.3, 0.4) is 0 Å². The summed E-state index contributed by atoms with van der Waals surface area (Å²) in [4.78, 5) is 16.2. The Morgan fingerprint density at radius 2 is 1.81 bits per heavy atom. The van der Waals surface area contributed by atoms with Crippen LogP contribution in [0.25, 0.3) is 0 Å². The van der Waals surface area contributed by atoms with Gasteiger partial charge in [-0.1, -0.05) is 11.6 Å². The maximum absolute atomic E-state index is 9.89. The molecule has 3 fully saturated rings. The minimum atomic E-state index is -0.164. The van der Waals surface area contributed by atoms with Gasteiger partial charge in [0.2, 0.25) is 5.95 Å². The second kappa shape index (κ2) is 9.89. The first kappa shape index (κ1) is 21.9. The van der Waals surface area contributed by atoms with Gasteiger partial charge in [-0.2, -0.15) is 4.98 Å². The molecule has 3 heterocycles. The number of aliphatic hydroxyl groups is 1. The largest absolute Gasteiger partial charge is 0.393 e. The van der Waals surface area contributed by atoms with E-state index in [9.17, 15) is 5.11 Å². The van der Waals surface area contributed by atoms with Crippen molar-refractivity contribution < 1.29 is 5.11 Å². The van der Waals surface area contributed by atoms with Crippen LogP contribution >= 0.6 is 11.6 Å². The first-order valence-electron chi connectivity index (χ1n) is 12.0. The van der Waals surface area contributed by atoms with Gasteiger partial charge in [0.25, 0.3) is 0 Å². The van der Waals surface area contributed by atoms with Crippen molar-refractivity contribution in [1.29, 1.82) is 0 Å². The number of pyridine rings is 1. The maximum atomic E-state index is 9.89. The molecule has 1 aliphatic heterocycles. The molecule has 3 aliphatic rings. The topological polar surface area (TPSA) is 86.2 Å². The minimum Gasteiger partial charge on any atom is -0.393 e. The molecule has 0 radical (unpaired) electrons. The molecule has 5 rings (SSSR count). The average Bonchev–Trinajstić information content (AvgIpc) is 3.60. The third-order valence-corrected chi connectivity index (χ3v) is 7.28. The van der Waals surface area contributed by atoms with Crippen LogP contribution in [0.2, 0.25) is 5.15 Å². The lowest BCUT2D eigenvalue weighted by Gasteiger charge is -2.33. The van der Waals surface area contributed by atoms with Crippen molar-refractivity contribution in [3.63, 3.8) is 0 Å². The van der Waals surface area contributed by atoms with Crippen LogP contribution in [0.15, 0.2) is 24.5 Å². The van der Waals surface area contributed by atoms with Gasteiger partial charge in [0.15, 0.2) is 0 Å². The van der Waals surface area contributed by atoms with Crippen molar-refractivity contribution in [3.8, 4) is 0 Å². The number of aliphatic hydroxyl groups excluding tert-OH is 1. The highest BCUT2D eigenvalue weighted by molar-refractivity contribution is 6.29. The number of hydrogen-bond donors (Lipinski definition) is 3. The SMILES string of the molecule is O[C@H]1CC[C@H](Nc2nc(Nc3ccnc(Cl)c3)ncc2C2CCN(CC3CC3)CC2)CC1. The van der Waals surface area contributed by atoms with Gasteiger partial charge in [0, 0.05) is 36.2 Å². The van der Waals surface area contributed by atoms with Crippen LogP contribution in [0.4, 0.5) is 17.5 Å². The Hall–Kier alpha value is -1.96. The van der Waals surface area contributed by atoms with E-state index in [1.807, 2.05) is 12.3 Å². The molecular formula is C24H33ClN6O. The maximum Gasteiger partial charge on any atom is 0.229 e. The Balaban J connectivity index is 1.32. The highest BCUT2D eigenvalue weighted by Crippen LogP contribution is 2.36. The predicted octanol–water partition coefficient (Wildman–Crippen LogP) is 4.57. The fourth-order valence-corrected chi connectivity index (χ4v) is 5.15. The lowest BCUT2D eigenvalue weighted by atomic mass is 9.89. The predicted molar refractivity (Wildman–Crippen MR) is 128 cm³/mol. The molecule has 0 spiro atoms. The number of halogens is 1. The number of nitrogens with one attached hydrogen (secondary N) is 2. The number of likely N-dealkylation sites (tertiary alicyclic amines) is 1. The molecule has 8 heteroatoms. The molecule has 2 aromatic rings. The molecule has 1 saturated heterocycles. The lowest BCUT2D eigenvalue weighted by Crippen LogP contribution is -2.35. The van der Waals surface area contributed by atoms with E-state index < -0.39 is 0 Å². The first-order chi connectivity index (χ1) is 15.6. The molecule has 32 heavy (non-hydrogen) atoms. The molecule has 2 saturated carbocycles. The molecule has 2 aromatic heterocycles. The summed E-state index contributed by atoms with van der Waals surface area (Å²) in [6.07, 6.45) is 12.3. The summed E-state index contributed by atoms with van der Waals surface area (Å²) < 4.78 is 0. The molecule has 2 aliphatic carbocycles. The number of nitrogens with zero attached hydrogens (tertiary/aromatic N) is 4. The van der Waals surface area contributed by atoms with Gasteiger partial charge in [-0.05, 0) is 88.4 Å². The average molecular weight is 457 g/mol. The van der Waals surface area contributed by atoms with E-state index in [-0.39, 0.29) is 6.10 Å². The number of rotatable bonds is 7. The van der Waals surface area contributed by atoms with E-state index in [0.717, 1.165) is 69.0 Å². The molecule has 7 nitrogen and oxygen atoms in total. The van der Waals surface area contributed by atoms with Gasteiger partial charge in [-0.3, -0.25) is 0 Å². The summed E-state index contributed by atoms with van der Waals surface area (Å²) in [6, 6.07) is 3.96. The van der Waals surface area contributed by atoms with Crippen LogP contribution in [0.1, 0.15) is 62.8 Å². The lowest BCUT2D eigenvalue weighted by molar-refractivity contribution is 0.126. The Kier molecular flexibility index (Phi) is 6.76. The second-order valence-electron chi connectivity index (χ2n) is 9.66. The molecule has 0 unspecified atom stereocenters. The third kappa shape index (κ3) is 5.69. The van der Waals surface area contributed by atoms with Crippen molar-refractivity contribution in [2.75, 3.05) is 30.3 Å². The van der Waals surface area contributed by atoms with Crippen LogP contribution in [0, 0.1) is 5.92 Å². The summed E-state index contributed by atoms with van der Waals surface area (Å²) in [5.41, 5.74) is 2.04. The second-order valence-corrected chi connectivity index (χ2v) is 10.0. The molecule has 0 aromatic carbocycles. The Labute approximate surface area is 195 Å². The molecule has 3 N–H and O–H groups in total. The summed E-state index contributed by atoms with van der Waals surface area (Å²) in [5, 5.41) is 17.3. The van der Waals surface area contributed by atoms with Crippen molar-refractivity contribution in [1.82, 2.24) is 19.9 Å². The van der Waals surface area contributed by atoms with Crippen molar-refractivity contribution in [3.05, 3.63) is 35.2 Å². The zero-order chi connectivity index (χ0) is 21.9. The third-order valence-electron chi connectivity index (χ3n) is 7.08. The van der Waals surface area contributed by atoms with Gasteiger partial charge in [0.05, 0.1) is 6.10 Å². The standard InChI is InChI=1S/C24H33ClN6O/c25-22-13-19(7-10-26-22)29-24-27-14-21(17-8-11-31(12-9-17)15-16-1-2-16)23(30-24)28-18-3-5-20(32)6-4-18/h7,10,13-14,16-18,20,32H,1-6,8-9,11-12,15H2,(H2,26,27,28,29,30)/t18-,20-. The van der Waals surface area contributed by atoms with Gasteiger partial charge in [0.1, 0.15) is 11.0 Å². The fraction of sp³-hybridized carbons (Fsp3) is 0.625. The van der Waals surface area contributed by atoms with Crippen LogP contribution in [-0.4, -0.2) is 56.7 Å². The van der Waals surface area contributed by atoms with E-state index in [0.29, 0.717) is 23.1 Å². The smallest absolute Gasteiger partial charge is 0.229 e. The van der Waals surface area contributed by atoms with E-state index in [4.69, 9.17) is 16.6 Å². The summed E-state index contributed by atoms with van der Waals surface area (Å²) >= 11 is 6.03. The number of piperidine rings is 1. The van der Waals surface area contributed by atoms with E-state index in [1.54, 1.807) is 12.3 Å². The highest BCUT2D eigenvalue weighted by Gasteiger charge is 2.29. The van der Waals surface area contributed by atoms with E-state index in [1.165, 1.54) is 24.9 Å². The van der Waals surface area contributed by atoms with Gasteiger partial charge in [-0.25, -0.2) is 9.97 Å². The molecule has 172 valence electrons. The Morgan fingerprint density at radius 1 is 1.03 bits per heavy atom. The first-order valence-corrected chi connectivity index (χ1v) is 12.4. The zero-order valence-corrected chi connectivity index (χ0v) is 19.3. The number of aromatic nitrogens is 3. The number of hydrogen-bond acceptors (Lipinski definition) is 7. The van der Waals surface area contributed by atoms with Crippen molar-refractivity contribution in [2.45, 2.75) is 69.4 Å². The normalized spacial score (nSPS) is 24.9. The molecule has 0 atom stereocenters. The fourth-order valence-electron chi connectivity index (χ4n) is 4.98. The molecular weight excluding hydrogens is 424 g/mol. The summed E-state index contributed by atoms with van der Waals surface area (Å²) in [5.74, 6) is 2.91. The molecule has 0 amide bonds. The quantitative estimate of drug-likeness (QED) is 0.526. The summed E-state index contributed by atoms with van der Waals surface area (Å²) in [6.45, 7) is 3.59. The van der Waals surface area contributed by atoms with Gasteiger partial charge < -0.3 is 20.6 Å². The monoisotopic (exact) mass is 456 g/mol. The summed E-state index contributed by atoms with van der Waals surface area (Å²) in [7, 11) is 0. The highest BCUT2D eigenvalue weighted by atomic mass is 35.5. The number of anilines is 3. The van der Waals surface area contributed by atoms with E-state index >= 15 is 0 Å². The Morgan fingerprint density at radius 3 is 2.53 bits per heavy atom. The van der Waals surface area contributed by atoms with Crippen LogP contribution in [0.5, 0.6) is 0 Å². The van der Waals surface area contributed by atoms with Gasteiger partial charge in [-0.15, -0.1) is 0 Å². The van der Waals surface area contributed by atoms with E-state index in [2.05, 4.69) is 25.5 Å². The molecule has 0 bridgehead atoms. The van der Waals surface area contributed by atoms with Crippen LogP contribution in [-0.2, 0) is 0 Å². The van der Waals surface area contributed by atoms with Crippen molar-refractivity contribution in [2.24, 2.45) is 5.92 Å². The van der Waals surface area contributed by atoms with Crippen LogP contribution < -0.4 is 10.6 Å². The Bertz CT molecular complexity index is 907. The zero-order valence-electron chi connectivity index (χ0n) is 18.5. The van der Waals surface area contributed by atoms with Gasteiger partial charge >= 0.3 is 0 Å².